The Hall–Kier alpha value is -1.05. The highest BCUT2D eigenvalue weighted by molar-refractivity contribution is 5.55. The first kappa shape index (κ1) is 13.9. The molecule has 86 valence electrons. The molecule has 0 aliphatic carbocycles. The lowest BCUT2D eigenvalue weighted by Crippen LogP contribution is -2.10. The van der Waals surface area contributed by atoms with E-state index in [9.17, 15) is 5.21 Å². The number of hydrogen-bond donors (Lipinski definition) is 0. The third-order valence-corrected chi connectivity index (χ3v) is 2.14. The Labute approximate surface area is 93.6 Å². The van der Waals surface area contributed by atoms with Crippen LogP contribution in [-0.2, 0) is 0 Å². The van der Waals surface area contributed by atoms with Crippen LogP contribution in [0.5, 0.6) is 0 Å². The molecule has 0 aliphatic heterocycles. The summed E-state index contributed by atoms with van der Waals surface area (Å²) in [6.07, 6.45) is 10.1. The van der Waals surface area contributed by atoms with Crippen molar-refractivity contribution in [3.8, 4) is 0 Å². The van der Waals surface area contributed by atoms with Gasteiger partial charge in [0.2, 0.25) is 0 Å². The molecular formula is C13H23NO. The molecule has 0 rings (SSSR count). The molecule has 2 nitrogen and oxygen atoms in total. The molecule has 0 heterocycles. The predicted molar refractivity (Wildman–Crippen MR) is 67.2 cm³/mol. The largest absolute Gasteiger partial charge is 0.624 e. The molecule has 0 fully saturated rings. The van der Waals surface area contributed by atoms with Crippen LogP contribution in [0.1, 0.15) is 40.5 Å². The Bertz CT molecular complexity index is 251. The Morgan fingerprint density at radius 3 is 2.53 bits per heavy atom. The molecule has 0 amide bonds. The van der Waals surface area contributed by atoms with Crippen molar-refractivity contribution >= 4 is 6.21 Å². The standard InChI is InChI=1S/C13H23NO/c1-5-8-13(9-6-2)10-12(4)11-14(15)7-3/h5,8-9,11-12H,6-7,10H2,1-4H3/b8-5+,13-9-,14-11+. The summed E-state index contributed by atoms with van der Waals surface area (Å²) >= 11 is 0. The van der Waals surface area contributed by atoms with E-state index in [-0.39, 0.29) is 0 Å². The summed E-state index contributed by atoms with van der Waals surface area (Å²) in [5, 5.41) is 11.1. The van der Waals surface area contributed by atoms with Gasteiger partial charge in [0.05, 0.1) is 0 Å². The summed E-state index contributed by atoms with van der Waals surface area (Å²) in [4.78, 5) is 0. The van der Waals surface area contributed by atoms with E-state index in [1.807, 2.05) is 19.9 Å². The van der Waals surface area contributed by atoms with E-state index in [4.69, 9.17) is 0 Å². The summed E-state index contributed by atoms with van der Waals surface area (Å²) in [6.45, 7) is 8.62. The second kappa shape index (κ2) is 8.27. The third kappa shape index (κ3) is 6.95. The van der Waals surface area contributed by atoms with Gasteiger partial charge in [0.25, 0.3) is 0 Å². The van der Waals surface area contributed by atoms with Crippen molar-refractivity contribution in [3.63, 3.8) is 0 Å². The molecule has 15 heavy (non-hydrogen) atoms. The van der Waals surface area contributed by atoms with Gasteiger partial charge in [-0.1, -0.05) is 37.6 Å². The molecule has 2 heteroatoms. The van der Waals surface area contributed by atoms with Crippen molar-refractivity contribution in [2.24, 2.45) is 5.92 Å². The van der Waals surface area contributed by atoms with Gasteiger partial charge >= 0.3 is 0 Å². The van der Waals surface area contributed by atoms with E-state index >= 15 is 0 Å². The molecule has 0 aliphatic rings. The lowest BCUT2D eigenvalue weighted by atomic mass is 10.0. The van der Waals surface area contributed by atoms with Crippen LogP contribution in [0.2, 0.25) is 0 Å². The van der Waals surface area contributed by atoms with Gasteiger partial charge in [0.1, 0.15) is 6.54 Å². The third-order valence-electron chi connectivity index (χ3n) is 2.14. The summed E-state index contributed by atoms with van der Waals surface area (Å²) in [6, 6.07) is 0. The van der Waals surface area contributed by atoms with E-state index in [2.05, 4.69) is 26.0 Å². The van der Waals surface area contributed by atoms with Crippen LogP contribution in [0, 0.1) is 11.1 Å². The lowest BCUT2D eigenvalue weighted by molar-refractivity contribution is -0.450. The first-order chi connectivity index (χ1) is 7.13. The average molecular weight is 209 g/mol. The molecule has 0 N–H and O–H groups in total. The highest BCUT2D eigenvalue weighted by Crippen LogP contribution is 2.12. The van der Waals surface area contributed by atoms with Crippen LogP contribution in [-0.4, -0.2) is 17.5 Å². The summed E-state index contributed by atoms with van der Waals surface area (Å²) in [7, 11) is 0. The van der Waals surface area contributed by atoms with Gasteiger partial charge in [-0.15, -0.1) is 0 Å². The summed E-state index contributed by atoms with van der Waals surface area (Å²) < 4.78 is 1.00. The molecule has 0 aromatic heterocycles. The van der Waals surface area contributed by atoms with Crippen LogP contribution in [0.3, 0.4) is 0 Å². The van der Waals surface area contributed by atoms with Gasteiger partial charge in [0, 0.05) is 5.92 Å². The molecule has 0 aromatic carbocycles. The van der Waals surface area contributed by atoms with E-state index in [1.54, 1.807) is 6.21 Å². The van der Waals surface area contributed by atoms with E-state index < -0.39 is 0 Å². The molecule has 0 spiro atoms. The molecule has 0 saturated heterocycles. The zero-order chi connectivity index (χ0) is 11.7. The van der Waals surface area contributed by atoms with Crippen molar-refractivity contribution in [1.29, 1.82) is 0 Å². The van der Waals surface area contributed by atoms with Crippen molar-refractivity contribution in [2.75, 3.05) is 6.54 Å². The average Bonchev–Trinajstić information content (AvgIpc) is 2.18. The Morgan fingerprint density at radius 1 is 1.40 bits per heavy atom. The van der Waals surface area contributed by atoms with Crippen LogP contribution in [0.25, 0.3) is 0 Å². The molecule has 0 bridgehead atoms. The molecule has 0 aromatic rings. The van der Waals surface area contributed by atoms with Crippen LogP contribution in [0.15, 0.2) is 23.8 Å². The molecule has 0 radical (unpaired) electrons. The fourth-order valence-corrected chi connectivity index (χ4v) is 1.51. The molecule has 1 unspecified atom stereocenters. The number of hydrogen-bond acceptors (Lipinski definition) is 1. The van der Waals surface area contributed by atoms with Crippen LogP contribution < -0.4 is 0 Å². The monoisotopic (exact) mass is 209 g/mol. The minimum Gasteiger partial charge on any atom is -0.624 e. The topological polar surface area (TPSA) is 26.1 Å². The van der Waals surface area contributed by atoms with Crippen LogP contribution in [0.4, 0.5) is 0 Å². The van der Waals surface area contributed by atoms with Crippen molar-refractivity contribution < 1.29 is 4.74 Å². The zero-order valence-electron chi connectivity index (χ0n) is 10.4. The first-order valence-electron chi connectivity index (χ1n) is 5.74. The number of allylic oxidation sites excluding steroid dienone is 4. The van der Waals surface area contributed by atoms with Gasteiger partial charge in [-0.05, 0) is 26.7 Å². The highest BCUT2D eigenvalue weighted by atomic mass is 16.5. The maximum absolute atomic E-state index is 11.1. The SMILES string of the molecule is C/C=C/C(=C/CC)CC(C)/C=[N+](/[O-])CC. The minimum absolute atomic E-state index is 0.302. The zero-order valence-corrected chi connectivity index (χ0v) is 10.4. The van der Waals surface area contributed by atoms with Gasteiger partial charge in [-0.2, -0.15) is 0 Å². The smallest absolute Gasteiger partial charge is 0.154 e. The fourth-order valence-electron chi connectivity index (χ4n) is 1.51. The van der Waals surface area contributed by atoms with E-state index in [0.29, 0.717) is 12.5 Å². The first-order valence-corrected chi connectivity index (χ1v) is 5.74. The number of rotatable bonds is 6. The van der Waals surface area contributed by atoms with E-state index in [1.165, 1.54) is 5.57 Å². The van der Waals surface area contributed by atoms with Gasteiger partial charge < -0.3 is 5.21 Å². The van der Waals surface area contributed by atoms with Crippen LogP contribution >= 0.6 is 0 Å². The summed E-state index contributed by atoms with van der Waals surface area (Å²) in [5.41, 5.74) is 1.31. The highest BCUT2D eigenvalue weighted by Gasteiger charge is 2.04. The maximum atomic E-state index is 11.1. The minimum atomic E-state index is 0.302. The quantitative estimate of drug-likeness (QED) is 0.216. The fraction of sp³-hybridized carbons (Fsp3) is 0.615. The molecule has 0 saturated carbocycles. The van der Waals surface area contributed by atoms with Crippen molar-refractivity contribution in [3.05, 3.63) is 29.0 Å². The van der Waals surface area contributed by atoms with Crippen molar-refractivity contribution in [1.82, 2.24) is 0 Å². The molecule has 1 atom stereocenters. The van der Waals surface area contributed by atoms with Gasteiger partial charge in [-0.25, -0.2) is 4.74 Å². The normalized spacial score (nSPS) is 16.0. The maximum Gasteiger partial charge on any atom is 0.154 e. The summed E-state index contributed by atoms with van der Waals surface area (Å²) in [5.74, 6) is 0.302. The second-order valence-electron chi connectivity index (χ2n) is 3.75. The lowest BCUT2D eigenvalue weighted by Gasteiger charge is -2.07. The van der Waals surface area contributed by atoms with E-state index in [0.717, 1.165) is 17.6 Å². The van der Waals surface area contributed by atoms with Crippen molar-refractivity contribution in [2.45, 2.75) is 40.5 Å². The van der Waals surface area contributed by atoms with Gasteiger partial charge in [0.15, 0.2) is 6.21 Å². The molecular weight excluding hydrogens is 186 g/mol. The Kier molecular flexibility index (Phi) is 7.69. The Morgan fingerprint density at radius 2 is 2.07 bits per heavy atom. The number of hydroxylamine groups is 1. The van der Waals surface area contributed by atoms with Gasteiger partial charge in [-0.3, -0.25) is 0 Å². The Balaban J connectivity index is 4.35. The number of nitrogens with zero attached hydrogens (tertiary/aromatic N) is 1. The predicted octanol–water partition coefficient (Wildman–Crippen LogP) is 3.53. The second-order valence-corrected chi connectivity index (χ2v) is 3.75.